The fourth-order valence-electron chi connectivity index (χ4n) is 2.96. The Balaban J connectivity index is 0.00000163. The zero-order valence-electron chi connectivity index (χ0n) is 17.4. The molecule has 26 heavy (non-hydrogen) atoms. The molecule has 0 atom stereocenters. The summed E-state index contributed by atoms with van der Waals surface area (Å²) in [5, 5.41) is 0. The molecule has 2 aromatic rings. The molecule has 1 heterocycles. The molecular formula is C24H38N2. The second-order valence-electron chi connectivity index (χ2n) is 6.55. The van der Waals surface area contributed by atoms with Gasteiger partial charge in [-0.3, -0.25) is 0 Å². The van der Waals surface area contributed by atoms with Crippen molar-refractivity contribution in [2.24, 2.45) is 0 Å². The van der Waals surface area contributed by atoms with E-state index in [-0.39, 0.29) is 0 Å². The van der Waals surface area contributed by atoms with Gasteiger partial charge in [-0.25, -0.2) is 4.98 Å². The van der Waals surface area contributed by atoms with Crippen LogP contribution in [-0.2, 0) is 12.8 Å². The Morgan fingerprint density at radius 3 is 1.85 bits per heavy atom. The van der Waals surface area contributed by atoms with Crippen LogP contribution in [0.3, 0.4) is 0 Å². The summed E-state index contributed by atoms with van der Waals surface area (Å²) in [5.74, 6) is 1.11. The fourth-order valence-corrected chi connectivity index (χ4v) is 2.96. The van der Waals surface area contributed by atoms with E-state index in [9.17, 15) is 0 Å². The molecule has 0 N–H and O–H groups in total. The predicted octanol–water partition coefficient (Wildman–Crippen LogP) is 6.69. The lowest BCUT2D eigenvalue weighted by atomic mass is 10.0. The van der Waals surface area contributed by atoms with Crippen LogP contribution >= 0.6 is 0 Å². The summed E-state index contributed by atoms with van der Waals surface area (Å²) >= 11 is 0. The van der Waals surface area contributed by atoms with Crippen molar-refractivity contribution in [1.82, 2.24) is 4.98 Å². The number of rotatable bonds is 11. The van der Waals surface area contributed by atoms with Gasteiger partial charge in [0.15, 0.2) is 0 Å². The minimum atomic E-state index is 1.08. The van der Waals surface area contributed by atoms with E-state index in [1.165, 1.54) is 49.7 Å². The monoisotopic (exact) mass is 354 g/mol. The molecule has 0 bridgehead atoms. The molecule has 0 aliphatic heterocycles. The van der Waals surface area contributed by atoms with Crippen LogP contribution in [0, 0.1) is 0 Å². The van der Waals surface area contributed by atoms with Crippen LogP contribution in [0.2, 0.25) is 0 Å². The van der Waals surface area contributed by atoms with Gasteiger partial charge in [0.1, 0.15) is 5.82 Å². The molecule has 144 valence electrons. The highest BCUT2D eigenvalue weighted by atomic mass is 15.2. The Morgan fingerprint density at radius 2 is 1.31 bits per heavy atom. The van der Waals surface area contributed by atoms with Gasteiger partial charge in [0.05, 0.1) is 0 Å². The third-order valence-electron chi connectivity index (χ3n) is 4.49. The van der Waals surface area contributed by atoms with Gasteiger partial charge < -0.3 is 4.90 Å². The van der Waals surface area contributed by atoms with Crippen molar-refractivity contribution in [3.63, 3.8) is 0 Å². The first-order valence-electron chi connectivity index (χ1n) is 10.6. The van der Waals surface area contributed by atoms with Crippen LogP contribution in [0.5, 0.6) is 0 Å². The van der Waals surface area contributed by atoms with Gasteiger partial charge in [-0.05, 0) is 55.4 Å². The number of aromatic nitrogens is 1. The average molecular weight is 355 g/mol. The van der Waals surface area contributed by atoms with Gasteiger partial charge in [0.25, 0.3) is 0 Å². The Kier molecular flexibility index (Phi) is 12.3. The van der Waals surface area contributed by atoms with E-state index in [4.69, 9.17) is 0 Å². The van der Waals surface area contributed by atoms with Crippen molar-refractivity contribution in [3.8, 4) is 0 Å². The number of pyridine rings is 1. The highest BCUT2D eigenvalue weighted by Gasteiger charge is 2.06. The Hall–Kier alpha value is -1.83. The molecule has 0 aliphatic carbocycles. The van der Waals surface area contributed by atoms with Gasteiger partial charge in [-0.1, -0.05) is 70.9 Å². The van der Waals surface area contributed by atoms with Crippen molar-refractivity contribution in [2.75, 3.05) is 18.0 Å². The summed E-state index contributed by atoms with van der Waals surface area (Å²) in [6.07, 6.45) is 10.4. The maximum atomic E-state index is 4.52. The maximum Gasteiger partial charge on any atom is 0.128 e. The van der Waals surface area contributed by atoms with Crippen molar-refractivity contribution in [1.29, 1.82) is 0 Å². The minimum absolute atomic E-state index is 1.08. The van der Waals surface area contributed by atoms with Crippen LogP contribution in [0.1, 0.15) is 70.9 Å². The topological polar surface area (TPSA) is 16.1 Å². The summed E-state index contributed by atoms with van der Waals surface area (Å²) in [6.45, 7) is 10.7. The van der Waals surface area contributed by atoms with Gasteiger partial charge in [0, 0.05) is 19.3 Å². The Labute approximate surface area is 161 Å². The van der Waals surface area contributed by atoms with Crippen molar-refractivity contribution in [3.05, 3.63) is 59.8 Å². The first kappa shape index (κ1) is 22.2. The molecule has 0 saturated heterocycles. The average Bonchev–Trinajstić information content (AvgIpc) is 2.72. The summed E-state index contributed by atoms with van der Waals surface area (Å²) < 4.78 is 0. The van der Waals surface area contributed by atoms with Crippen molar-refractivity contribution in [2.45, 2.75) is 72.6 Å². The summed E-state index contributed by atoms with van der Waals surface area (Å²) in [7, 11) is 0. The highest BCUT2D eigenvalue weighted by Crippen LogP contribution is 2.14. The van der Waals surface area contributed by atoms with Gasteiger partial charge in [0.2, 0.25) is 0 Å². The molecule has 0 unspecified atom stereocenters. The first-order valence-corrected chi connectivity index (χ1v) is 10.6. The van der Waals surface area contributed by atoms with Gasteiger partial charge in [-0.2, -0.15) is 0 Å². The zero-order chi connectivity index (χ0) is 19.0. The highest BCUT2D eigenvalue weighted by molar-refractivity contribution is 5.37. The number of hydrogen-bond acceptors (Lipinski definition) is 2. The smallest absolute Gasteiger partial charge is 0.128 e. The SMILES string of the molecule is CC.CCCCc1ccc(CCCN(CCCC)c2ccccn2)cc1. The van der Waals surface area contributed by atoms with Crippen LogP contribution in [-0.4, -0.2) is 18.1 Å². The lowest BCUT2D eigenvalue weighted by Crippen LogP contribution is -2.26. The third-order valence-corrected chi connectivity index (χ3v) is 4.49. The van der Waals surface area contributed by atoms with Crippen LogP contribution in [0.4, 0.5) is 5.82 Å². The number of hydrogen-bond donors (Lipinski definition) is 0. The van der Waals surface area contributed by atoms with Gasteiger partial charge >= 0.3 is 0 Å². The molecule has 0 aliphatic rings. The maximum absolute atomic E-state index is 4.52. The lowest BCUT2D eigenvalue weighted by Gasteiger charge is -2.23. The summed E-state index contributed by atoms with van der Waals surface area (Å²) in [6, 6.07) is 15.4. The summed E-state index contributed by atoms with van der Waals surface area (Å²) in [5.41, 5.74) is 2.92. The quantitative estimate of drug-likeness (QED) is 0.447. The minimum Gasteiger partial charge on any atom is -0.357 e. The van der Waals surface area contributed by atoms with Gasteiger partial charge in [-0.15, -0.1) is 0 Å². The summed E-state index contributed by atoms with van der Waals surface area (Å²) in [4.78, 5) is 6.95. The standard InChI is InChI=1S/C22H32N2.C2H6/c1-3-5-10-20-13-15-21(16-14-20)11-9-19-24(18-6-4-2)22-12-7-8-17-23-22;1-2/h7-8,12-17H,3-6,9-11,18-19H2,1-2H3;1-2H3. The molecule has 0 radical (unpaired) electrons. The molecule has 0 saturated carbocycles. The molecule has 0 fully saturated rings. The van der Waals surface area contributed by atoms with E-state index < -0.39 is 0 Å². The molecule has 1 aromatic heterocycles. The number of anilines is 1. The first-order chi connectivity index (χ1) is 12.8. The number of aryl methyl sites for hydroxylation is 2. The Morgan fingerprint density at radius 1 is 0.731 bits per heavy atom. The van der Waals surface area contributed by atoms with Crippen LogP contribution < -0.4 is 4.90 Å². The molecule has 0 amide bonds. The van der Waals surface area contributed by atoms with Crippen LogP contribution in [0.15, 0.2) is 48.7 Å². The molecule has 1 aromatic carbocycles. The molecular weight excluding hydrogens is 316 g/mol. The number of unbranched alkanes of at least 4 members (excludes halogenated alkanes) is 2. The normalized spacial score (nSPS) is 10.2. The Bertz CT molecular complexity index is 548. The van der Waals surface area contributed by atoms with E-state index >= 15 is 0 Å². The van der Waals surface area contributed by atoms with E-state index in [1.54, 1.807) is 0 Å². The molecule has 0 spiro atoms. The zero-order valence-corrected chi connectivity index (χ0v) is 17.4. The molecule has 2 rings (SSSR count). The lowest BCUT2D eigenvalue weighted by molar-refractivity contribution is 0.678. The number of nitrogens with zero attached hydrogens (tertiary/aromatic N) is 2. The molecule has 2 nitrogen and oxygen atoms in total. The van der Waals surface area contributed by atoms with E-state index in [2.05, 4.69) is 60.1 Å². The number of benzene rings is 1. The van der Waals surface area contributed by atoms with Crippen molar-refractivity contribution < 1.29 is 0 Å². The van der Waals surface area contributed by atoms with E-state index in [1.807, 2.05) is 26.1 Å². The second kappa shape index (κ2) is 14.4. The predicted molar refractivity (Wildman–Crippen MR) is 116 cm³/mol. The van der Waals surface area contributed by atoms with Crippen molar-refractivity contribution >= 4 is 5.82 Å². The fraction of sp³-hybridized carbons (Fsp3) is 0.542. The van der Waals surface area contributed by atoms with Crippen LogP contribution in [0.25, 0.3) is 0 Å². The molecule has 2 heteroatoms. The second-order valence-corrected chi connectivity index (χ2v) is 6.55. The largest absolute Gasteiger partial charge is 0.357 e. The third kappa shape index (κ3) is 8.51. The van der Waals surface area contributed by atoms with E-state index in [0.717, 1.165) is 25.3 Å². The van der Waals surface area contributed by atoms with E-state index in [0.29, 0.717) is 0 Å².